The van der Waals surface area contributed by atoms with Gasteiger partial charge < -0.3 is 4.52 Å². The fraction of sp³-hybridized carbons (Fsp3) is 0.273. The van der Waals surface area contributed by atoms with Crippen molar-refractivity contribution in [2.24, 2.45) is 0 Å². The number of aromatic nitrogens is 2. The summed E-state index contributed by atoms with van der Waals surface area (Å²) in [5, 5.41) is 3.45. The Labute approximate surface area is 97.2 Å². The van der Waals surface area contributed by atoms with Gasteiger partial charge in [0.05, 0.1) is 0 Å². The lowest BCUT2D eigenvalue weighted by Crippen LogP contribution is -1.87. The van der Waals surface area contributed by atoms with E-state index in [0.29, 0.717) is 22.8 Å². The number of aryl methyl sites for hydroxylation is 1. The van der Waals surface area contributed by atoms with Crippen LogP contribution in [0.5, 0.6) is 0 Å². The average molecular weight is 241 g/mol. The summed E-state index contributed by atoms with van der Waals surface area (Å²) in [6, 6.07) is 4.66. The lowest BCUT2D eigenvalue weighted by Gasteiger charge is -1.98. The summed E-state index contributed by atoms with van der Waals surface area (Å²) in [5.74, 6) is 0.530. The van der Waals surface area contributed by atoms with Crippen LogP contribution in [0.1, 0.15) is 23.8 Å². The van der Waals surface area contributed by atoms with E-state index in [-0.39, 0.29) is 11.2 Å². The number of benzene rings is 1. The highest BCUT2D eigenvalue weighted by Gasteiger charge is 2.13. The molecule has 0 fully saturated rings. The Kier molecular flexibility index (Phi) is 2.92. The van der Waals surface area contributed by atoms with Gasteiger partial charge in [-0.3, -0.25) is 0 Å². The van der Waals surface area contributed by atoms with Crippen LogP contribution in [0, 0.1) is 12.7 Å². The normalized spacial score (nSPS) is 12.8. The summed E-state index contributed by atoms with van der Waals surface area (Å²) in [6.45, 7) is 3.43. The zero-order valence-electron chi connectivity index (χ0n) is 8.87. The molecule has 16 heavy (non-hydrogen) atoms. The van der Waals surface area contributed by atoms with Crippen LogP contribution in [-0.4, -0.2) is 10.1 Å². The van der Waals surface area contributed by atoms with Gasteiger partial charge in [-0.15, -0.1) is 11.6 Å². The third kappa shape index (κ3) is 2.07. The highest BCUT2D eigenvalue weighted by atomic mass is 35.5. The van der Waals surface area contributed by atoms with Gasteiger partial charge >= 0.3 is 0 Å². The molecule has 1 atom stereocenters. The molecular formula is C11H10ClFN2O. The fourth-order valence-corrected chi connectivity index (χ4v) is 1.39. The Balaban J connectivity index is 2.39. The second kappa shape index (κ2) is 4.22. The molecule has 1 aromatic heterocycles. The number of rotatable bonds is 2. The van der Waals surface area contributed by atoms with Crippen LogP contribution in [0.2, 0.25) is 0 Å². The van der Waals surface area contributed by atoms with E-state index in [1.807, 2.05) is 0 Å². The van der Waals surface area contributed by atoms with Crippen LogP contribution in [0.4, 0.5) is 4.39 Å². The largest absolute Gasteiger partial charge is 0.337 e. The summed E-state index contributed by atoms with van der Waals surface area (Å²) < 4.78 is 18.0. The molecule has 0 saturated carbocycles. The molecule has 0 amide bonds. The molecule has 5 heteroatoms. The molecule has 0 N–H and O–H groups in total. The van der Waals surface area contributed by atoms with Gasteiger partial charge in [-0.05, 0) is 37.6 Å². The molecule has 1 heterocycles. The van der Waals surface area contributed by atoms with Gasteiger partial charge in [0, 0.05) is 5.56 Å². The molecule has 0 aliphatic rings. The molecule has 1 aromatic carbocycles. The first-order chi connectivity index (χ1) is 7.58. The highest BCUT2D eigenvalue weighted by Crippen LogP contribution is 2.23. The van der Waals surface area contributed by atoms with Crippen LogP contribution in [0.25, 0.3) is 11.4 Å². The smallest absolute Gasteiger partial charge is 0.244 e. The zero-order valence-corrected chi connectivity index (χ0v) is 9.62. The topological polar surface area (TPSA) is 38.9 Å². The molecule has 0 radical (unpaired) electrons. The van der Waals surface area contributed by atoms with Gasteiger partial charge in [0.1, 0.15) is 11.2 Å². The van der Waals surface area contributed by atoms with E-state index in [2.05, 4.69) is 10.1 Å². The summed E-state index contributed by atoms with van der Waals surface area (Å²) >= 11 is 5.80. The van der Waals surface area contributed by atoms with Crippen LogP contribution < -0.4 is 0 Å². The molecule has 3 nitrogen and oxygen atoms in total. The SMILES string of the molecule is Cc1cc(-c2noc([C@H](C)Cl)n2)ccc1F. The van der Waals surface area contributed by atoms with E-state index < -0.39 is 0 Å². The Hall–Kier alpha value is -1.42. The first-order valence-corrected chi connectivity index (χ1v) is 5.26. The highest BCUT2D eigenvalue weighted by molar-refractivity contribution is 6.20. The van der Waals surface area contributed by atoms with Crippen LogP contribution in [0.3, 0.4) is 0 Å². The second-order valence-electron chi connectivity index (χ2n) is 3.54. The minimum Gasteiger partial charge on any atom is -0.337 e. The minimum absolute atomic E-state index is 0.252. The third-order valence-electron chi connectivity index (χ3n) is 2.20. The van der Waals surface area contributed by atoms with E-state index in [9.17, 15) is 4.39 Å². The summed E-state index contributed by atoms with van der Waals surface area (Å²) in [7, 11) is 0. The number of nitrogens with zero attached hydrogens (tertiary/aromatic N) is 2. The van der Waals surface area contributed by atoms with E-state index in [0.717, 1.165) is 0 Å². The van der Waals surface area contributed by atoms with Crippen LogP contribution in [0.15, 0.2) is 22.7 Å². The van der Waals surface area contributed by atoms with E-state index in [1.54, 1.807) is 26.0 Å². The van der Waals surface area contributed by atoms with E-state index >= 15 is 0 Å². The second-order valence-corrected chi connectivity index (χ2v) is 4.19. The molecule has 0 spiro atoms. The maximum absolute atomic E-state index is 13.1. The first kappa shape index (κ1) is 11.1. The Morgan fingerprint density at radius 1 is 1.44 bits per heavy atom. The summed E-state index contributed by atoms with van der Waals surface area (Å²) in [4.78, 5) is 4.12. The summed E-state index contributed by atoms with van der Waals surface area (Å²) in [5.41, 5.74) is 1.26. The molecule has 0 aliphatic carbocycles. The predicted molar refractivity (Wildman–Crippen MR) is 58.7 cm³/mol. The molecule has 0 bridgehead atoms. The molecule has 84 valence electrons. The zero-order chi connectivity index (χ0) is 11.7. The Morgan fingerprint density at radius 3 is 2.75 bits per heavy atom. The average Bonchev–Trinajstić information content (AvgIpc) is 2.71. The van der Waals surface area contributed by atoms with E-state index in [4.69, 9.17) is 16.1 Å². The van der Waals surface area contributed by atoms with Gasteiger partial charge in [-0.25, -0.2) is 4.39 Å². The first-order valence-electron chi connectivity index (χ1n) is 4.82. The standard InChI is InChI=1S/C11H10ClFN2O/c1-6-5-8(3-4-9(6)13)10-14-11(7(2)12)16-15-10/h3-5,7H,1-2H3/t7-/m0/s1. The van der Waals surface area contributed by atoms with E-state index in [1.165, 1.54) is 6.07 Å². The molecular weight excluding hydrogens is 231 g/mol. The third-order valence-corrected chi connectivity index (χ3v) is 2.38. The Morgan fingerprint density at radius 2 is 2.19 bits per heavy atom. The minimum atomic E-state index is -0.331. The van der Waals surface area contributed by atoms with Gasteiger partial charge in [0.2, 0.25) is 11.7 Å². The number of hydrogen-bond acceptors (Lipinski definition) is 3. The fourth-order valence-electron chi connectivity index (χ4n) is 1.30. The van der Waals surface area contributed by atoms with Crippen molar-refractivity contribution in [1.82, 2.24) is 10.1 Å². The maximum atomic E-state index is 13.1. The number of alkyl halides is 1. The van der Waals surface area contributed by atoms with Crippen molar-refractivity contribution in [3.05, 3.63) is 35.5 Å². The number of halogens is 2. The van der Waals surface area contributed by atoms with Crippen LogP contribution in [-0.2, 0) is 0 Å². The number of hydrogen-bond donors (Lipinski definition) is 0. The molecule has 0 aliphatic heterocycles. The van der Waals surface area contributed by atoms with Gasteiger partial charge in [0.25, 0.3) is 0 Å². The lowest BCUT2D eigenvalue weighted by molar-refractivity contribution is 0.379. The van der Waals surface area contributed by atoms with Crippen molar-refractivity contribution in [3.8, 4) is 11.4 Å². The predicted octanol–water partition coefficient (Wildman–Crippen LogP) is 3.48. The molecule has 2 rings (SSSR count). The Bertz CT molecular complexity index is 510. The maximum Gasteiger partial charge on any atom is 0.244 e. The molecule has 0 unspecified atom stereocenters. The lowest BCUT2D eigenvalue weighted by atomic mass is 10.1. The van der Waals surface area contributed by atoms with Crippen molar-refractivity contribution in [1.29, 1.82) is 0 Å². The van der Waals surface area contributed by atoms with Gasteiger partial charge in [-0.2, -0.15) is 4.98 Å². The van der Waals surface area contributed by atoms with Crippen molar-refractivity contribution >= 4 is 11.6 Å². The van der Waals surface area contributed by atoms with Crippen molar-refractivity contribution in [2.45, 2.75) is 19.2 Å². The van der Waals surface area contributed by atoms with Crippen molar-refractivity contribution in [3.63, 3.8) is 0 Å². The van der Waals surface area contributed by atoms with Crippen molar-refractivity contribution in [2.75, 3.05) is 0 Å². The summed E-state index contributed by atoms with van der Waals surface area (Å²) in [6.07, 6.45) is 0. The van der Waals surface area contributed by atoms with Gasteiger partial charge in [-0.1, -0.05) is 5.16 Å². The molecule has 0 saturated heterocycles. The van der Waals surface area contributed by atoms with Crippen LogP contribution >= 0.6 is 11.6 Å². The molecule has 2 aromatic rings. The quantitative estimate of drug-likeness (QED) is 0.755. The van der Waals surface area contributed by atoms with Gasteiger partial charge in [0.15, 0.2) is 0 Å². The monoisotopic (exact) mass is 240 g/mol. The van der Waals surface area contributed by atoms with Crippen molar-refractivity contribution < 1.29 is 8.91 Å².